The summed E-state index contributed by atoms with van der Waals surface area (Å²) in [4.78, 5) is 18.2. The second kappa shape index (κ2) is 9.38. The first kappa shape index (κ1) is 22.3. The van der Waals surface area contributed by atoms with E-state index in [0.717, 1.165) is 61.9 Å². The number of allylic oxidation sites excluding steroid dienone is 1. The maximum absolute atomic E-state index is 15.2. The van der Waals surface area contributed by atoms with Gasteiger partial charge in [0, 0.05) is 44.4 Å². The summed E-state index contributed by atoms with van der Waals surface area (Å²) in [6.45, 7) is 12.9. The standard InChI is InChI=1S/C26H29FN6O/c1-4-7-32-8-10-33(11-9-32)24-15-23(29-22-14-18(3)16-28-22)30-26(31-24)34-21-6-5-19-12-17(2)13-20(19)25(21)27/h4-6,13-15H,1,7-12,16H2,2-3H3,(H,28,29,30,31). The first-order valence-electron chi connectivity index (χ1n) is 11.6. The van der Waals surface area contributed by atoms with Crippen molar-refractivity contribution in [3.63, 3.8) is 0 Å². The monoisotopic (exact) mass is 460 g/mol. The fourth-order valence-electron chi connectivity index (χ4n) is 4.47. The maximum atomic E-state index is 15.2. The van der Waals surface area contributed by atoms with Crippen molar-refractivity contribution in [2.75, 3.05) is 49.5 Å². The molecule has 1 aromatic heterocycles. The van der Waals surface area contributed by atoms with Gasteiger partial charge in [0.25, 0.3) is 0 Å². The molecule has 8 heteroatoms. The third-order valence-corrected chi connectivity index (χ3v) is 6.21. The number of ether oxygens (including phenoxy) is 1. The predicted molar refractivity (Wildman–Crippen MR) is 134 cm³/mol. The molecule has 1 aromatic carbocycles. The Morgan fingerprint density at radius 2 is 1.94 bits per heavy atom. The summed E-state index contributed by atoms with van der Waals surface area (Å²) in [7, 11) is 0. The second-order valence-corrected chi connectivity index (χ2v) is 9.01. The van der Waals surface area contributed by atoms with E-state index in [1.165, 1.54) is 5.57 Å². The highest BCUT2D eigenvalue weighted by atomic mass is 19.1. The topological polar surface area (TPSA) is 65.9 Å². The average molecular weight is 461 g/mol. The Labute approximate surface area is 199 Å². The molecular formula is C26H29FN6O. The fraction of sp³-hybridized carbons (Fsp3) is 0.346. The number of nitrogens with one attached hydrogen (secondary N) is 1. The molecule has 0 saturated carbocycles. The molecule has 0 amide bonds. The Morgan fingerprint density at radius 1 is 1.12 bits per heavy atom. The molecule has 7 nitrogen and oxygen atoms in total. The molecular weight excluding hydrogens is 431 g/mol. The van der Waals surface area contributed by atoms with Gasteiger partial charge in [0.05, 0.1) is 6.54 Å². The molecule has 1 saturated heterocycles. The first-order valence-corrected chi connectivity index (χ1v) is 11.6. The number of hydrogen-bond acceptors (Lipinski definition) is 7. The molecule has 0 atom stereocenters. The summed E-state index contributed by atoms with van der Waals surface area (Å²) in [5, 5.41) is 3.26. The van der Waals surface area contributed by atoms with Gasteiger partial charge in [-0.05, 0) is 43.5 Å². The average Bonchev–Trinajstić information content (AvgIpc) is 3.41. The van der Waals surface area contributed by atoms with Crippen LogP contribution in [0, 0.1) is 5.82 Å². The summed E-state index contributed by atoms with van der Waals surface area (Å²) in [6.07, 6.45) is 6.55. The third kappa shape index (κ3) is 4.72. The number of aromatic nitrogens is 2. The number of amidine groups is 1. The third-order valence-electron chi connectivity index (χ3n) is 6.21. The van der Waals surface area contributed by atoms with Crippen LogP contribution in [0.5, 0.6) is 11.8 Å². The summed E-state index contributed by atoms with van der Waals surface area (Å²) < 4.78 is 21.1. The lowest BCUT2D eigenvalue weighted by molar-refractivity contribution is 0.283. The number of hydrogen-bond donors (Lipinski definition) is 1. The lowest BCUT2D eigenvalue weighted by Gasteiger charge is -2.34. The minimum Gasteiger partial charge on any atom is -0.421 e. The molecule has 0 unspecified atom stereocenters. The largest absolute Gasteiger partial charge is 0.421 e. The maximum Gasteiger partial charge on any atom is 0.326 e. The fourth-order valence-corrected chi connectivity index (χ4v) is 4.47. The lowest BCUT2D eigenvalue weighted by Crippen LogP contribution is -2.46. The number of nitrogens with zero attached hydrogens (tertiary/aromatic N) is 5. The minimum absolute atomic E-state index is 0.102. The molecule has 0 radical (unpaired) electrons. The van der Waals surface area contributed by atoms with Crippen LogP contribution in [0.3, 0.4) is 0 Å². The van der Waals surface area contributed by atoms with E-state index in [9.17, 15) is 0 Å². The second-order valence-electron chi connectivity index (χ2n) is 9.01. The number of benzene rings is 1. The quantitative estimate of drug-likeness (QED) is 0.643. The van der Waals surface area contributed by atoms with Gasteiger partial charge in [-0.1, -0.05) is 23.8 Å². The van der Waals surface area contributed by atoms with Gasteiger partial charge in [0.1, 0.15) is 17.5 Å². The molecule has 0 spiro atoms. The number of piperazine rings is 1. The van der Waals surface area contributed by atoms with E-state index in [-0.39, 0.29) is 17.6 Å². The highest BCUT2D eigenvalue weighted by molar-refractivity contribution is 6.05. The zero-order chi connectivity index (χ0) is 23.7. The van der Waals surface area contributed by atoms with Crippen molar-refractivity contribution < 1.29 is 9.13 Å². The van der Waals surface area contributed by atoms with Gasteiger partial charge in [-0.2, -0.15) is 9.97 Å². The van der Waals surface area contributed by atoms with E-state index in [2.05, 4.69) is 36.7 Å². The van der Waals surface area contributed by atoms with E-state index < -0.39 is 0 Å². The highest BCUT2D eigenvalue weighted by Crippen LogP contribution is 2.34. The number of halogens is 1. The zero-order valence-corrected chi connectivity index (χ0v) is 19.6. The van der Waals surface area contributed by atoms with Crippen LogP contribution in [0.15, 0.2) is 53.1 Å². The van der Waals surface area contributed by atoms with Gasteiger partial charge in [0.2, 0.25) is 0 Å². The summed E-state index contributed by atoms with van der Waals surface area (Å²) in [5.74, 6) is 1.79. The van der Waals surface area contributed by atoms with Crippen molar-refractivity contribution in [3.05, 3.63) is 65.0 Å². The Bertz CT molecular complexity index is 1210. The number of anilines is 2. The van der Waals surface area contributed by atoms with Gasteiger partial charge < -0.3 is 15.0 Å². The molecule has 5 rings (SSSR count). The molecule has 0 bridgehead atoms. The van der Waals surface area contributed by atoms with Crippen LogP contribution in [0.1, 0.15) is 25.0 Å². The van der Waals surface area contributed by atoms with Crippen LogP contribution in [-0.4, -0.2) is 60.0 Å². The van der Waals surface area contributed by atoms with E-state index in [4.69, 9.17) is 4.74 Å². The SMILES string of the molecule is C=CCN1CCN(c2cc(NC3=NCC(C)=C3)nc(Oc3ccc4c(c3F)C=C(C)C4)n2)CC1. The molecule has 34 heavy (non-hydrogen) atoms. The van der Waals surface area contributed by atoms with Crippen molar-refractivity contribution >= 4 is 23.5 Å². The molecule has 2 aromatic rings. The predicted octanol–water partition coefficient (Wildman–Crippen LogP) is 4.45. The van der Waals surface area contributed by atoms with Crippen LogP contribution in [0.4, 0.5) is 16.0 Å². The minimum atomic E-state index is -0.380. The van der Waals surface area contributed by atoms with Gasteiger partial charge in [0.15, 0.2) is 11.6 Å². The Hall–Kier alpha value is -3.52. The normalized spacial score (nSPS) is 17.7. The van der Waals surface area contributed by atoms with Crippen molar-refractivity contribution in [1.29, 1.82) is 0 Å². The lowest BCUT2D eigenvalue weighted by atomic mass is 10.1. The van der Waals surface area contributed by atoms with Crippen LogP contribution in [-0.2, 0) is 6.42 Å². The van der Waals surface area contributed by atoms with Crippen molar-refractivity contribution in [2.45, 2.75) is 20.3 Å². The van der Waals surface area contributed by atoms with Crippen molar-refractivity contribution in [1.82, 2.24) is 14.9 Å². The van der Waals surface area contributed by atoms with Gasteiger partial charge in [-0.25, -0.2) is 4.39 Å². The molecule has 3 heterocycles. The van der Waals surface area contributed by atoms with Crippen LogP contribution in [0.2, 0.25) is 0 Å². The zero-order valence-electron chi connectivity index (χ0n) is 19.6. The Morgan fingerprint density at radius 3 is 2.68 bits per heavy atom. The highest BCUT2D eigenvalue weighted by Gasteiger charge is 2.22. The van der Waals surface area contributed by atoms with Gasteiger partial charge in [-0.3, -0.25) is 9.89 Å². The Kier molecular flexibility index (Phi) is 6.15. The van der Waals surface area contributed by atoms with E-state index >= 15 is 4.39 Å². The molecule has 3 aliphatic rings. The van der Waals surface area contributed by atoms with Crippen molar-refractivity contribution in [2.24, 2.45) is 4.99 Å². The molecule has 2 aliphatic heterocycles. The number of rotatable bonds is 6. The summed E-state index contributed by atoms with van der Waals surface area (Å²) >= 11 is 0. The van der Waals surface area contributed by atoms with E-state index in [0.29, 0.717) is 17.9 Å². The first-order chi connectivity index (χ1) is 16.5. The van der Waals surface area contributed by atoms with Gasteiger partial charge >= 0.3 is 6.01 Å². The molecule has 1 N–H and O–H groups in total. The number of fused-ring (bicyclic) bond motifs is 1. The number of aliphatic imine (C=N–C) groups is 1. The van der Waals surface area contributed by atoms with Crippen LogP contribution in [0.25, 0.3) is 6.08 Å². The molecule has 1 fully saturated rings. The van der Waals surface area contributed by atoms with Crippen molar-refractivity contribution in [3.8, 4) is 11.8 Å². The Balaban J connectivity index is 1.43. The summed E-state index contributed by atoms with van der Waals surface area (Å²) in [6, 6.07) is 5.56. The molecule has 176 valence electrons. The van der Waals surface area contributed by atoms with Crippen LogP contribution < -0.4 is 15.0 Å². The van der Waals surface area contributed by atoms with E-state index in [1.807, 2.05) is 44.2 Å². The smallest absolute Gasteiger partial charge is 0.326 e. The summed E-state index contributed by atoms with van der Waals surface area (Å²) in [5.41, 5.74) is 3.86. The van der Waals surface area contributed by atoms with Gasteiger partial charge in [-0.15, -0.1) is 6.58 Å². The molecule has 1 aliphatic carbocycles. The van der Waals surface area contributed by atoms with Crippen LogP contribution >= 0.6 is 0 Å². The van der Waals surface area contributed by atoms with E-state index in [1.54, 1.807) is 6.07 Å².